The number of aromatic nitrogens is 1. The van der Waals surface area contributed by atoms with Gasteiger partial charge in [0.15, 0.2) is 0 Å². The Labute approximate surface area is 132 Å². The van der Waals surface area contributed by atoms with Crippen LogP contribution in [0.3, 0.4) is 0 Å². The van der Waals surface area contributed by atoms with Crippen LogP contribution < -0.4 is 5.56 Å². The highest BCUT2D eigenvalue weighted by Crippen LogP contribution is 2.23. The molecule has 0 saturated carbocycles. The van der Waals surface area contributed by atoms with Gasteiger partial charge in [0.2, 0.25) is 0 Å². The molecular formula is C17H13Cl2NO. The van der Waals surface area contributed by atoms with Gasteiger partial charge in [-0.1, -0.05) is 42.3 Å². The summed E-state index contributed by atoms with van der Waals surface area (Å²) in [5.74, 6) is 0. The van der Waals surface area contributed by atoms with Crippen LogP contribution >= 0.6 is 23.2 Å². The smallest absolute Gasteiger partial charge is 0.264 e. The van der Waals surface area contributed by atoms with Gasteiger partial charge in [-0.3, -0.25) is 9.36 Å². The summed E-state index contributed by atoms with van der Waals surface area (Å²) in [6, 6.07) is 14.8. The zero-order valence-electron chi connectivity index (χ0n) is 11.4. The largest absolute Gasteiger partial charge is 0.281 e. The van der Waals surface area contributed by atoms with E-state index >= 15 is 0 Å². The molecule has 0 bridgehead atoms. The first-order valence-corrected chi connectivity index (χ1v) is 7.46. The van der Waals surface area contributed by atoms with Gasteiger partial charge in [-0.2, -0.15) is 0 Å². The lowest BCUT2D eigenvalue weighted by atomic mass is 10.1. The SMILES string of the molecule is CCc1cc2cccc(Cl)c2c(=O)n1-c1ccc(Cl)cc1. The molecule has 0 N–H and O–H groups in total. The monoisotopic (exact) mass is 317 g/mol. The topological polar surface area (TPSA) is 22.0 Å². The maximum atomic E-state index is 12.9. The Morgan fingerprint density at radius 2 is 1.76 bits per heavy atom. The number of fused-ring (bicyclic) bond motifs is 1. The van der Waals surface area contributed by atoms with Gasteiger partial charge in [-0.05, 0) is 48.2 Å². The van der Waals surface area contributed by atoms with Crippen LogP contribution in [-0.4, -0.2) is 4.57 Å². The van der Waals surface area contributed by atoms with Crippen molar-refractivity contribution >= 4 is 34.0 Å². The number of nitrogens with zero attached hydrogens (tertiary/aromatic N) is 1. The second-order valence-electron chi connectivity index (χ2n) is 4.81. The first-order valence-electron chi connectivity index (χ1n) is 6.71. The fraction of sp³-hybridized carbons (Fsp3) is 0.118. The van der Waals surface area contributed by atoms with Crippen molar-refractivity contribution in [2.24, 2.45) is 0 Å². The number of pyridine rings is 1. The third-order valence-corrected chi connectivity index (χ3v) is 4.09. The summed E-state index contributed by atoms with van der Waals surface area (Å²) in [5.41, 5.74) is 1.64. The lowest BCUT2D eigenvalue weighted by Gasteiger charge is -2.14. The lowest BCUT2D eigenvalue weighted by molar-refractivity contribution is 0.889. The van der Waals surface area contributed by atoms with Gasteiger partial charge in [0, 0.05) is 16.4 Å². The summed E-state index contributed by atoms with van der Waals surface area (Å²) in [6.45, 7) is 2.03. The maximum absolute atomic E-state index is 12.9. The van der Waals surface area contributed by atoms with Crippen LogP contribution in [0.4, 0.5) is 0 Å². The molecule has 0 aliphatic rings. The fourth-order valence-corrected chi connectivity index (χ4v) is 2.90. The summed E-state index contributed by atoms with van der Waals surface area (Å²) in [7, 11) is 0. The van der Waals surface area contributed by atoms with E-state index in [4.69, 9.17) is 23.2 Å². The Hall–Kier alpha value is -1.77. The van der Waals surface area contributed by atoms with Gasteiger partial charge in [-0.15, -0.1) is 0 Å². The molecule has 0 aliphatic heterocycles. The van der Waals surface area contributed by atoms with Crippen molar-refractivity contribution in [2.75, 3.05) is 0 Å². The minimum absolute atomic E-state index is 0.0997. The minimum Gasteiger partial charge on any atom is -0.281 e. The van der Waals surface area contributed by atoms with Crippen LogP contribution in [0.15, 0.2) is 53.3 Å². The molecular weight excluding hydrogens is 305 g/mol. The summed E-state index contributed by atoms with van der Waals surface area (Å²) in [5, 5.41) is 2.53. The molecule has 0 radical (unpaired) electrons. The van der Waals surface area contributed by atoms with E-state index in [9.17, 15) is 4.79 Å². The van der Waals surface area contributed by atoms with Gasteiger partial charge >= 0.3 is 0 Å². The third kappa shape index (κ3) is 2.45. The van der Waals surface area contributed by atoms with Crippen LogP contribution in [0.1, 0.15) is 12.6 Å². The summed E-state index contributed by atoms with van der Waals surface area (Å²) in [4.78, 5) is 12.9. The summed E-state index contributed by atoms with van der Waals surface area (Å²) >= 11 is 12.1. The molecule has 3 rings (SSSR count). The van der Waals surface area contributed by atoms with Crippen molar-refractivity contribution in [2.45, 2.75) is 13.3 Å². The molecule has 106 valence electrons. The van der Waals surface area contributed by atoms with Crippen LogP contribution in [0.2, 0.25) is 10.0 Å². The highest BCUT2D eigenvalue weighted by molar-refractivity contribution is 6.35. The van der Waals surface area contributed by atoms with Crippen molar-refractivity contribution in [1.29, 1.82) is 0 Å². The Morgan fingerprint density at radius 1 is 1.05 bits per heavy atom. The molecule has 4 heteroatoms. The summed E-state index contributed by atoms with van der Waals surface area (Å²) < 4.78 is 1.70. The Bertz CT molecular complexity index is 866. The molecule has 3 aromatic rings. The average Bonchev–Trinajstić information content (AvgIpc) is 2.48. The Morgan fingerprint density at radius 3 is 2.43 bits per heavy atom. The van der Waals surface area contributed by atoms with Crippen LogP contribution in [0.5, 0.6) is 0 Å². The highest BCUT2D eigenvalue weighted by Gasteiger charge is 2.12. The molecule has 0 aliphatic carbocycles. The van der Waals surface area contributed by atoms with E-state index in [0.717, 1.165) is 23.2 Å². The molecule has 0 spiro atoms. The minimum atomic E-state index is -0.0997. The Kier molecular flexibility index (Phi) is 3.75. The van der Waals surface area contributed by atoms with Gasteiger partial charge < -0.3 is 0 Å². The van der Waals surface area contributed by atoms with Crippen molar-refractivity contribution in [1.82, 2.24) is 4.57 Å². The van der Waals surface area contributed by atoms with Crippen molar-refractivity contribution in [3.63, 3.8) is 0 Å². The predicted octanol–water partition coefficient (Wildman–Crippen LogP) is 4.86. The van der Waals surface area contributed by atoms with Crippen LogP contribution in [0, 0.1) is 0 Å². The highest BCUT2D eigenvalue weighted by atomic mass is 35.5. The van der Waals surface area contributed by atoms with E-state index in [1.807, 2.05) is 37.3 Å². The molecule has 1 aromatic heterocycles. The van der Waals surface area contributed by atoms with Gasteiger partial charge in [0.05, 0.1) is 10.4 Å². The van der Waals surface area contributed by atoms with E-state index in [2.05, 4.69) is 0 Å². The summed E-state index contributed by atoms with van der Waals surface area (Å²) in [6.07, 6.45) is 0.750. The van der Waals surface area contributed by atoms with E-state index < -0.39 is 0 Å². The molecule has 2 aromatic carbocycles. The van der Waals surface area contributed by atoms with E-state index in [-0.39, 0.29) is 5.56 Å². The number of hydrogen-bond donors (Lipinski definition) is 0. The third-order valence-electron chi connectivity index (χ3n) is 3.52. The van der Waals surface area contributed by atoms with Crippen molar-refractivity contribution < 1.29 is 0 Å². The first-order chi connectivity index (χ1) is 10.1. The zero-order valence-corrected chi connectivity index (χ0v) is 12.9. The number of hydrogen-bond acceptors (Lipinski definition) is 1. The molecule has 0 saturated heterocycles. The molecule has 2 nitrogen and oxygen atoms in total. The molecule has 1 heterocycles. The van der Waals surface area contributed by atoms with Gasteiger partial charge in [-0.25, -0.2) is 0 Å². The average molecular weight is 318 g/mol. The molecule has 0 fully saturated rings. The second kappa shape index (κ2) is 5.55. The zero-order chi connectivity index (χ0) is 15.0. The Balaban J connectivity index is 2.41. The molecule has 0 atom stereocenters. The van der Waals surface area contributed by atoms with Gasteiger partial charge in [0.25, 0.3) is 5.56 Å². The fourth-order valence-electron chi connectivity index (χ4n) is 2.51. The number of rotatable bonds is 2. The predicted molar refractivity (Wildman–Crippen MR) is 88.9 cm³/mol. The number of benzene rings is 2. The number of aryl methyl sites for hydroxylation is 1. The molecule has 21 heavy (non-hydrogen) atoms. The van der Waals surface area contributed by atoms with E-state index in [0.29, 0.717) is 15.4 Å². The van der Waals surface area contributed by atoms with E-state index in [1.54, 1.807) is 22.8 Å². The maximum Gasteiger partial charge on any atom is 0.264 e. The van der Waals surface area contributed by atoms with Crippen LogP contribution in [-0.2, 0) is 6.42 Å². The first kappa shape index (κ1) is 14.2. The number of halogens is 2. The standard InChI is InChI=1S/C17H13Cl2NO/c1-2-13-10-11-4-3-5-15(19)16(11)17(21)20(13)14-8-6-12(18)7-9-14/h3-10H,2H2,1H3. The van der Waals surface area contributed by atoms with Crippen molar-refractivity contribution in [3.8, 4) is 5.69 Å². The molecule has 0 unspecified atom stereocenters. The van der Waals surface area contributed by atoms with Crippen LogP contribution in [0.25, 0.3) is 16.5 Å². The van der Waals surface area contributed by atoms with E-state index in [1.165, 1.54) is 0 Å². The van der Waals surface area contributed by atoms with Gasteiger partial charge in [0.1, 0.15) is 0 Å². The quantitative estimate of drug-likeness (QED) is 0.661. The van der Waals surface area contributed by atoms with Crippen molar-refractivity contribution in [3.05, 3.63) is 74.6 Å². The normalized spacial score (nSPS) is 11.0. The molecule has 0 amide bonds. The lowest BCUT2D eigenvalue weighted by Crippen LogP contribution is -2.22. The second-order valence-corrected chi connectivity index (χ2v) is 5.65.